The van der Waals surface area contributed by atoms with E-state index in [2.05, 4.69) is 83.5 Å². The van der Waals surface area contributed by atoms with E-state index in [4.69, 9.17) is 24.4 Å². The largest absolute Gasteiger partial charge is 0.318 e. The molecule has 0 spiro atoms. The summed E-state index contributed by atoms with van der Waals surface area (Å²) in [4.78, 5) is 0. The fourth-order valence-electron chi connectivity index (χ4n) is 4.11. The number of fused-ring (bicyclic) bond motifs is 2. The Balaban J connectivity index is 2.49. The van der Waals surface area contributed by atoms with Gasteiger partial charge < -0.3 is 18.3 Å². The van der Waals surface area contributed by atoms with Gasteiger partial charge in [0.05, 0.1) is 37.9 Å². The number of imidazole rings is 2. The fraction of sp³-hybridized carbons (Fsp3) is 0.667. The Labute approximate surface area is 181 Å². The molecule has 0 N–H and O–H groups in total. The Morgan fingerprint density at radius 2 is 0.786 bits per heavy atom. The minimum absolute atomic E-state index is 0.687. The molecule has 0 bridgehead atoms. The maximum atomic E-state index is 5.84. The molecule has 0 radical (unpaired) electrons. The van der Waals surface area contributed by atoms with Crippen LogP contribution in [-0.2, 0) is 28.2 Å². The lowest BCUT2D eigenvalue weighted by Gasteiger charge is -2.40. The highest BCUT2D eigenvalue weighted by Gasteiger charge is 2.44. The average molecular weight is 459 g/mol. The topological polar surface area (TPSA) is 26.2 Å². The summed E-state index contributed by atoms with van der Waals surface area (Å²) in [5.41, 5.74) is 5.58. The molecule has 3 heterocycles. The maximum Gasteiger partial charge on any atom is 0.180 e. The predicted molar refractivity (Wildman–Crippen MR) is 129 cm³/mol. The molecular formula is C18H32N6P2S2. The van der Waals surface area contributed by atoms with E-state index < -0.39 is 16.1 Å². The summed E-state index contributed by atoms with van der Waals surface area (Å²) in [6, 6.07) is 0. The normalized spacial score (nSPS) is 18.8. The van der Waals surface area contributed by atoms with Crippen molar-refractivity contribution < 1.29 is 0 Å². The van der Waals surface area contributed by atoms with Gasteiger partial charge in [0, 0.05) is 28.2 Å². The molecule has 0 amide bonds. The number of aromatic nitrogens is 4. The third kappa shape index (κ3) is 3.03. The summed E-state index contributed by atoms with van der Waals surface area (Å²) in [6.07, 6.45) is 0. The zero-order chi connectivity index (χ0) is 20.9. The summed E-state index contributed by atoms with van der Waals surface area (Å²) in [6.45, 7) is 13.0. The molecule has 1 aliphatic heterocycles. The van der Waals surface area contributed by atoms with Crippen LogP contribution in [0.4, 0.5) is 0 Å². The highest BCUT2D eigenvalue weighted by molar-refractivity contribution is 7.82. The second-order valence-electron chi connectivity index (χ2n) is 7.00. The molecule has 2 aromatic rings. The lowest BCUT2D eigenvalue weighted by molar-refractivity contribution is 0.510. The molecule has 0 atom stereocenters. The lowest BCUT2D eigenvalue weighted by Crippen LogP contribution is -2.52. The van der Waals surface area contributed by atoms with Crippen molar-refractivity contribution in [3.8, 4) is 0 Å². The van der Waals surface area contributed by atoms with Crippen molar-refractivity contribution in [3.05, 3.63) is 9.54 Å². The van der Waals surface area contributed by atoms with Gasteiger partial charge in [-0.1, -0.05) is 27.7 Å². The predicted octanol–water partition coefficient (Wildman–Crippen LogP) is 2.19. The van der Waals surface area contributed by atoms with E-state index in [1.807, 2.05) is 0 Å². The van der Waals surface area contributed by atoms with Crippen LogP contribution in [0.1, 0.15) is 27.7 Å². The average Bonchev–Trinajstić information content (AvgIpc) is 3.05. The minimum Gasteiger partial charge on any atom is -0.318 e. The standard InChI is InChI=1S/C18H32N6P2S2/c1-9-23(10-2)25-13-15(21(7)17(27)19(13)5)26(24(11-3)12-4)16-14(25)20(6)18(28)22(16)8/h9-12H2,1-8H3. The molecule has 1 aliphatic rings. The molecule has 3 rings (SSSR count). The Hall–Kier alpha value is -0.360. The number of hydrogen-bond acceptors (Lipinski definition) is 4. The SMILES string of the molecule is CCN(CC)P1c2c(n(C)c(=S)n2C)P(N(CC)CC)c2c1n(C)c(=S)n2C. The van der Waals surface area contributed by atoms with E-state index in [9.17, 15) is 0 Å². The van der Waals surface area contributed by atoms with Crippen LogP contribution in [-0.4, -0.2) is 53.8 Å². The number of hydrogen-bond donors (Lipinski definition) is 0. The summed E-state index contributed by atoms with van der Waals surface area (Å²) in [7, 11) is 7.17. The van der Waals surface area contributed by atoms with E-state index >= 15 is 0 Å². The van der Waals surface area contributed by atoms with Crippen molar-refractivity contribution in [1.29, 1.82) is 0 Å². The van der Waals surface area contributed by atoms with Crippen LogP contribution in [0.2, 0.25) is 0 Å². The van der Waals surface area contributed by atoms with Gasteiger partial charge in [0.15, 0.2) is 9.54 Å². The van der Waals surface area contributed by atoms with Gasteiger partial charge >= 0.3 is 0 Å². The van der Waals surface area contributed by atoms with Crippen LogP contribution in [0.15, 0.2) is 0 Å². The Bertz CT molecular complexity index is 852. The molecule has 0 fully saturated rings. The first-order valence-electron chi connectivity index (χ1n) is 9.87. The van der Waals surface area contributed by atoms with Gasteiger partial charge in [-0.3, -0.25) is 9.34 Å². The molecule has 0 aromatic carbocycles. The highest BCUT2D eigenvalue weighted by atomic mass is 32.1. The van der Waals surface area contributed by atoms with Crippen LogP contribution in [0.25, 0.3) is 0 Å². The van der Waals surface area contributed by atoms with Gasteiger partial charge in [-0.15, -0.1) is 0 Å². The van der Waals surface area contributed by atoms with Crippen molar-refractivity contribution >= 4 is 62.3 Å². The molecule has 2 aromatic heterocycles. The zero-order valence-corrected chi connectivity index (χ0v) is 21.6. The number of rotatable bonds is 6. The van der Waals surface area contributed by atoms with Crippen LogP contribution in [0.3, 0.4) is 0 Å². The van der Waals surface area contributed by atoms with Gasteiger partial charge in [-0.2, -0.15) is 0 Å². The third-order valence-electron chi connectivity index (χ3n) is 5.65. The quantitative estimate of drug-likeness (QED) is 0.490. The van der Waals surface area contributed by atoms with Crippen molar-refractivity contribution in [3.63, 3.8) is 0 Å². The fourth-order valence-corrected chi connectivity index (χ4v) is 11.4. The molecule has 0 unspecified atom stereocenters. The van der Waals surface area contributed by atoms with E-state index in [0.717, 1.165) is 35.7 Å². The molecular weight excluding hydrogens is 426 g/mol. The van der Waals surface area contributed by atoms with Crippen molar-refractivity contribution in [1.82, 2.24) is 27.6 Å². The number of nitrogens with zero attached hydrogens (tertiary/aromatic N) is 6. The first-order valence-corrected chi connectivity index (χ1v) is 13.3. The Morgan fingerprint density at radius 3 is 0.964 bits per heavy atom. The summed E-state index contributed by atoms with van der Waals surface area (Å²) in [5.74, 6) is 0. The third-order valence-corrected chi connectivity index (χ3v) is 13.0. The van der Waals surface area contributed by atoms with Crippen molar-refractivity contribution in [2.45, 2.75) is 27.7 Å². The van der Waals surface area contributed by atoms with Crippen LogP contribution >= 0.6 is 40.6 Å². The van der Waals surface area contributed by atoms with Gasteiger partial charge in [0.2, 0.25) is 0 Å². The summed E-state index contributed by atoms with van der Waals surface area (Å²) in [5, 5.41) is 0. The molecule has 0 saturated carbocycles. The van der Waals surface area contributed by atoms with Gasteiger partial charge in [-0.05, 0) is 50.6 Å². The lowest BCUT2D eigenvalue weighted by atomic mass is 10.7. The Morgan fingerprint density at radius 1 is 0.571 bits per heavy atom. The van der Waals surface area contributed by atoms with Gasteiger partial charge in [0.25, 0.3) is 0 Å². The first-order chi connectivity index (χ1) is 13.3. The monoisotopic (exact) mass is 458 g/mol. The van der Waals surface area contributed by atoms with Crippen LogP contribution in [0, 0.1) is 9.54 Å². The van der Waals surface area contributed by atoms with Gasteiger partial charge in [0.1, 0.15) is 0 Å². The second kappa shape index (κ2) is 8.41. The van der Waals surface area contributed by atoms with Gasteiger partial charge in [-0.25, -0.2) is 0 Å². The Kier molecular flexibility index (Phi) is 6.70. The van der Waals surface area contributed by atoms with E-state index in [1.165, 1.54) is 21.7 Å². The first kappa shape index (κ1) is 22.3. The molecule has 10 heteroatoms. The summed E-state index contributed by atoms with van der Waals surface area (Å²) >= 11 is 11.7. The zero-order valence-electron chi connectivity index (χ0n) is 18.2. The molecule has 0 saturated heterocycles. The van der Waals surface area contributed by atoms with Crippen LogP contribution in [0.5, 0.6) is 0 Å². The van der Waals surface area contributed by atoms with E-state index in [1.54, 1.807) is 0 Å². The van der Waals surface area contributed by atoms with Crippen molar-refractivity contribution in [2.75, 3.05) is 26.2 Å². The second-order valence-corrected chi connectivity index (χ2v) is 11.8. The van der Waals surface area contributed by atoms with E-state index in [0.29, 0.717) is 0 Å². The summed E-state index contributed by atoms with van der Waals surface area (Å²) < 4.78 is 16.0. The molecule has 6 nitrogen and oxygen atoms in total. The maximum absolute atomic E-state index is 5.84. The van der Waals surface area contributed by atoms with Crippen LogP contribution < -0.4 is 21.7 Å². The highest BCUT2D eigenvalue weighted by Crippen LogP contribution is 2.49. The molecule has 28 heavy (non-hydrogen) atoms. The smallest absolute Gasteiger partial charge is 0.180 e. The van der Waals surface area contributed by atoms with E-state index in [-0.39, 0.29) is 0 Å². The van der Waals surface area contributed by atoms with Crippen molar-refractivity contribution in [2.24, 2.45) is 28.2 Å². The molecule has 0 aliphatic carbocycles. The molecule has 156 valence electrons. The minimum atomic E-state index is -0.687.